The molecule has 2 nitrogen and oxygen atoms in total. The summed E-state index contributed by atoms with van der Waals surface area (Å²) < 4.78 is 4.61. The molecule has 0 aliphatic heterocycles. The second-order valence-electron chi connectivity index (χ2n) is 7.70. The second-order valence-corrected chi connectivity index (χ2v) is 7.70. The molecule has 0 saturated heterocycles. The van der Waals surface area contributed by atoms with Crippen molar-refractivity contribution in [3.05, 3.63) is 53.5 Å². The molecule has 2 heteroatoms. The number of fused-ring (bicyclic) bond motifs is 2. The van der Waals surface area contributed by atoms with E-state index < -0.39 is 0 Å². The van der Waals surface area contributed by atoms with E-state index in [0.717, 1.165) is 5.48 Å². The Bertz CT molecular complexity index is 1160. The Morgan fingerprint density at radius 2 is 1.50 bits per heavy atom. The first-order chi connectivity index (χ1) is 11.3. The molecule has 4 aromatic rings. The van der Waals surface area contributed by atoms with E-state index in [-0.39, 0.29) is 5.54 Å². The summed E-state index contributed by atoms with van der Waals surface area (Å²) in [6, 6.07) is 15.3. The third-order valence-corrected chi connectivity index (χ3v) is 5.17. The van der Waals surface area contributed by atoms with E-state index in [1.807, 2.05) is 0 Å². The molecule has 0 radical (unpaired) electrons. The minimum absolute atomic E-state index is 0.0518. The topological polar surface area (TPSA) is 9.86 Å². The molecule has 0 saturated carbocycles. The number of aromatic nitrogens is 2. The van der Waals surface area contributed by atoms with Crippen LogP contribution in [0, 0.1) is 6.92 Å². The third kappa shape index (κ3) is 1.83. The molecule has 0 spiro atoms. The first-order valence-corrected chi connectivity index (χ1v) is 8.49. The molecule has 0 aliphatic rings. The maximum Gasteiger partial charge on any atom is 0.106 e. The average Bonchev–Trinajstić information content (AvgIpc) is 2.55. The molecule has 0 amide bonds. The Kier molecular flexibility index (Phi) is 2.99. The van der Waals surface area contributed by atoms with Crippen molar-refractivity contribution in [3.8, 4) is 0 Å². The maximum absolute atomic E-state index is 4.41. The van der Waals surface area contributed by atoms with Gasteiger partial charge in [-0.2, -0.15) is 0 Å². The summed E-state index contributed by atoms with van der Waals surface area (Å²) in [6.45, 7) is 13.4. The van der Waals surface area contributed by atoms with Gasteiger partial charge in [0.05, 0.1) is 11.0 Å². The third-order valence-electron chi connectivity index (χ3n) is 5.17. The van der Waals surface area contributed by atoms with Gasteiger partial charge in [0.2, 0.25) is 0 Å². The van der Waals surface area contributed by atoms with Gasteiger partial charge in [0.15, 0.2) is 0 Å². The van der Waals surface area contributed by atoms with Crippen molar-refractivity contribution in [3.63, 3.8) is 0 Å². The molecule has 4 rings (SSSR count). The SMILES string of the molecule is C=c1n(C)c2cccc3c(C)c4ccccc4c(c32)n1C(C)(C)C. The zero-order chi connectivity index (χ0) is 17.2. The number of hydrogen-bond acceptors (Lipinski definition) is 0. The van der Waals surface area contributed by atoms with E-state index in [1.165, 1.54) is 38.1 Å². The van der Waals surface area contributed by atoms with Crippen LogP contribution in [-0.2, 0) is 12.6 Å². The Morgan fingerprint density at radius 1 is 0.875 bits per heavy atom. The molecule has 0 N–H and O–H groups in total. The quantitative estimate of drug-likeness (QED) is 0.318. The number of nitrogens with zero attached hydrogens (tertiary/aromatic N) is 2. The highest BCUT2D eigenvalue weighted by Gasteiger charge is 2.21. The van der Waals surface area contributed by atoms with E-state index in [1.54, 1.807) is 0 Å². The van der Waals surface area contributed by atoms with Crippen LogP contribution in [0.4, 0.5) is 0 Å². The van der Waals surface area contributed by atoms with Gasteiger partial charge in [-0.15, -0.1) is 0 Å². The minimum atomic E-state index is -0.0518. The van der Waals surface area contributed by atoms with E-state index in [0.29, 0.717) is 0 Å². The van der Waals surface area contributed by atoms with E-state index in [2.05, 4.69) is 92.9 Å². The van der Waals surface area contributed by atoms with Gasteiger partial charge in [0.25, 0.3) is 0 Å². The molecule has 0 fully saturated rings. The Hall–Kier alpha value is -2.48. The predicted molar refractivity (Wildman–Crippen MR) is 105 cm³/mol. The highest BCUT2D eigenvalue weighted by Crippen LogP contribution is 2.37. The molecule has 0 bridgehead atoms. The summed E-state index contributed by atoms with van der Waals surface area (Å²) >= 11 is 0. The zero-order valence-corrected chi connectivity index (χ0v) is 15.1. The van der Waals surface area contributed by atoms with Crippen LogP contribution in [0.1, 0.15) is 26.3 Å². The molecule has 0 atom stereocenters. The van der Waals surface area contributed by atoms with Gasteiger partial charge in [-0.05, 0) is 50.1 Å². The van der Waals surface area contributed by atoms with Crippen LogP contribution >= 0.6 is 0 Å². The van der Waals surface area contributed by atoms with Gasteiger partial charge in [0.1, 0.15) is 5.48 Å². The van der Waals surface area contributed by atoms with Crippen molar-refractivity contribution < 1.29 is 0 Å². The lowest BCUT2D eigenvalue weighted by atomic mass is 9.94. The first-order valence-electron chi connectivity index (χ1n) is 8.49. The molecule has 24 heavy (non-hydrogen) atoms. The molecule has 1 aromatic heterocycles. The molecule has 0 aliphatic carbocycles. The lowest BCUT2D eigenvalue weighted by Gasteiger charge is -2.30. The minimum Gasteiger partial charge on any atom is -0.331 e. The highest BCUT2D eigenvalue weighted by atomic mass is 15.1. The van der Waals surface area contributed by atoms with E-state index in [4.69, 9.17) is 0 Å². The smallest absolute Gasteiger partial charge is 0.106 e. The summed E-state index contributed by atoms with van der Waals surface area (Å²) in [5.74, 6) is 0. The molecule has 1 heterocycles. The number of aryl methyl sites for hydroxylation is 2. The van der Waals surface area contributed by atoms with Crippen molar-refractivity contribution in [2.45, 2.75) is 33.2 Å². The fourth-order valence-electron chi connectivity index (χ4n) is 4.05. The molecule has 0 unspecified atom stereocenters. The molecular formula is C22H24N2. The van der Waals surface area contributed by atoms with Crippen molar-refractivity contribution in [1.82, 2.24) is 9.13 Å². The summed E-state index contributed by atoms with van der Waals surface area (Å²) in [5.41, 5.74) is 4.85. The summed E-state index contributed by atoms with van der Waals surface area (Å²) in [5, 5.41) is 5.29. The van der Waals surface area contributed by atoms with Crippen LogP contribution in [-0.4, -0.2) is 9.13 Å². The van der Waals surface area contributed by atoms with E-state index in [9.17, 15) is 0 Å². The van der Waals surface area contributed by atoms with Crippen molar-refractivity contribution in [2.24, 2.45) is 7.05 Å². The normalized spacial score (nSPS) is 12.5. The Morgan fingerprint density at radius 3 is 2.17 bits per heavy atom. The predicted octanol–water partition coefficient (Wildman–Crippen LogP) is 5.04. The van der Waals surface area contributed by atoms with Gasteiger partial charge < -0.3 is 9.13 Å². The van der Waals surface area contributed by atoms with Gasteiger partial charge in [-0.25, -0.2) is 0 Å². The van der Waals surface area contributed by atoms with Gasteiger partial charge >= 0.3 is 0 Å². The van der Waals surface area contributed by atoms with Crippen LogP contribution in [0.25, 0.3) is 39.2 Å². The summed E-state index contributed by atoms with van der Waals surface area (Å²) in [7, 11) is 2.11. The largest absolute Gasteiger partial charge is 0.331 e. The average molecular weight is 316 g/mol. The van der Waals surface area contributed by atoms with Gasteiger partial charge in [-0.1, -0.05) is 43.0 Å². The van der Waals surface area contributed by atoms with Crippen molar-refractivity contribution in [1.29, 1.82) is 0 Å². The molecule has 122 valence electrons. The maximum atomic E-state index is 4.41. The summed E-state index contributed by atoms with van der Waals surface area (Å²) in [6.07, 6.45) is 0. The fourth-order valence-corrected chi connectivity index (χ4v) is 4.05. The Balaban J connectivity index is 2.52. The van der Waals surface area contributed by atoms with E-state index >= 15 is 0 Å². The Labute approximate surface area is 142 Å². The van der Waals surface area contributed by atoms with Crippen LogP contribution in [0.5, 0.6) is 0 Å². The highest BCUT2D eigenvalue weighted by molar-refractivity contribution is 6.21. The lowest BCUT2D eigenvalue weighted by Crippen LogP contribution is -2.39. The van der Waals surface area contributed by atoms with Crippen LogP contribution in [0.2, 0.25) is 0 Å². The standard InChI is InChI=1S/C22H24N2/c1-14-16-10-7-8-11-18(16)21-20-17(14)12-9-13-19(20)23(6)15(2)24(21)22(3,4)5/h7-13H,2H2,1,3-6H3. The number of hydrogen-bond donors (Lipinski definition) is 0. The molecular weight excluding hydrogens is 292 g/mol. The summed E-state index contributed by atoms with van der Waals surface area (Å²) in [4.78, 5) is 0. The zero-order valence-electron chi connectivity index (χ0n) is 15.1. The number of benzene rings is 3. The first kappa shape index (κ1) is 15.1. The van der Waals surface area contributed by atoms with Crippen LogP contribution in [0.3, 0.4) is 0 Å². The lowest BCUT2D eigenvalue weighted by molar-refractivity contribution is 0.388. The van der Waals surface area contributed by atoms with Gasteiger partial charge in [0, 0.05) is 23.4 Å². The number of rotatable bonds is 0. The van der Waals surface area contributed by atoms with Crippen molar-refractivity contribution in [2.75, 3.05) is 0 Å². The molecule has 3 aromatic carbocycles. The van der Waals surface area contributed by atoms with Crippen LogP contribution < -0.4 is 5.48 Å². The van der Waals surface area contributed by atoms with Gasteiger partial charge in [-0.3, -0.25) is 0 Å². The monoisotopic (exact) mass is 316 g/mol. The van der Waals surface area contributed by atoms with Crippen molar-refractivity contribution >= 4 is 39.2 Å². The van der Waals surface area contributed by atoms with Crippen LogP contribution in [0.15, 0.2) is 42.5 Å². The fraction of sp³-hybridized carbons (Fsp3) is 0.273. The second kappa shape index (κ2) is 4.76.